The van der Waals surface area contributed by atoms with Crippen LogP contribution in [0.1, 0.15) is 31.0 Å². The zero-order chi connectivity index (χ0) is 30.7. The maximum Gasteiger partial charge on any atom is 0.394 e. The summed E-state index contributed by atoms with van der Waals surface area (Å²) in [7, 11) is 5.52. The van der Waals surface area contributed by atoms with E-state index in [2.05, 4.69) is 41.2 Å². The average Bonchev–Trinajstić information content (AvgIpc) is 3.77. The predicted octanol–water partition coefficient (Wildman–Crippen LogP) is 6.34. The number of aryl methyl sites for hydroxylation is 1. The number of ether oxygens (including phenoxy) is 1. The quantitative estimate of drug-likeness (QED) is 0.210. The number of hydrogen-bond donors (Lipinski definition) is 0. The van der Waals surface area contributed by atoms with Gasteiger partial charge in [0.25, 0.3) is 0 Å². The predicted molar refractivity (Wildman–Crippen MR) is 157 cm³/mol. The van der Waals surface area contributed by atoms with Gasteiger partial charge in [-0.2, -0.15) is 49.7 Å². The molecule has 0 N–H and O–H groups in total. The van der Waals surface area contributed by atoms with E-state index in [1.807, 2.05) is 42.1 Å². The maximum absolute atomic E-state index is 13.1. The molecule has 4 aromatic rings. The number of imidazole rings is 1. The van der Waals surface area contributed by atoms with Crippen molar-refractivity contribution in [1.29, 1.82) is 0 Å². The van der Waals surface area contributed by atoms with Gasteiger partial charge in [-0.3, -0.25) is 0 Å². The van der Waals surface area contributed by atoms with Crippen molar-refractivity contribution in [3.05, 3.63) is 110 Å². The van der Waals surface area contributed by atoms with Crippen molar-refractivity contribution in [1.82, 2.24) is 29.5 Å². The van der Waals surface area contributed by atoms with Crippen molar-refractivity contribution in [2.75, 3.05) is 23.9 Å². The largest absolute Gasteiger partial charge is 0.572 e. The van der Waals surface area contributed by atoms with Crippen LogP contribution in [0.15, 0.2) is 73.5 Å². The summed E-state index contributed by atoms with van der Waals surface area (Å²) in [6.07, 6.45) is 4.28. The smallest absolute Gasteiger partial charge is 0.394 e. The second kappa shape index (κ2) is 13.6. The van der Waals surface area contributed by atoms with Crippen molar-refractivity contribution in [3.63, 3.8) is 0 Å². The molecule has 4 heterocycles. The number of nitrogens with zero attached hydrogens (tertiary/aromatic N) is 8. The summed E-state index contributed by atoms with van der Waals surface area (Å²) in [5, 5.41) is 8.37. The summed E-state index contributed by atoms with van der Waals surface area (Å²) in [4.78, 5) is 11.2. The normalized spacial score (nSPS) is 14.3. The van der Waals surface area contributed by atoms with E-state index in [1.54, 1.807) is 77.9 Å². The van der Waals surface area contributed by atoms with Gasteiger partial charge in [-0.25, -0.2) is 0 Å². The summed E-state index contributed by atoms with van der Waals surface area (Å²) in [6.45, 7) is 7.55. The minimum Gasteiger partial charge on any atom is -0.572 e. The Kier molecular flexibility index (Phi) is 10.1. The Morgan fingerprint density at radius 1 is 0.932 bits per heavy atom. The molecular formula is C31H30F3IrN8O-5. The molecule has 0 aliphatic carbocycles. The van der Waals surface area contributed by atoms with Gasteiger partial charge >= 0.3 is 6.18 Å². The Balaban J connectivity index is 0.000000197. The number of aromatic nitrogens is 4. The molecule has 0 bridgehead atoms. The number of alkyl halides is 3. The van der Waals surface area contributed by atoms with Gasteiger partial charge in [-0.1, -0.05) is 31.2 Å². The fourth-order valence-electron chi connectivity index (χ4n) is 4.15. The van der Waals surface area contributed by atoms with E-state index in [1.165, 1.54) is 0 Å². The van der Waals surface area contributed by atoms with Crippen molar-refractivity contribution in [2.45, 2.75) is 25.9 Å². The number of anilines is 2. The minimum atomic E-state index is -4.41. The second-order valence-electron chi connectivity index (χ2n) is 10.3. The molecule has 13 heteroatoms. The molecule has 9 nitrogen and oxygen atoms in total. The van der Waals surface area contributed by atoms with E-state index in [-0.39, 0.29) is 20.1 Å². The van der Waals surface area contributed by atoms with Gasteiger partial charge in [-0.15, -0.1) is 41.7 Å². The van der Waals surface area contributed by atoms with Crippen LogP contribution in [0.2, 0.25) is 0 Å². The summed E-state index contributed by atoms with van der Waals surface area (Å²) in [5.74, 6) is 2.24. The summed E-state index contributed by atoms with van der Waals surface area (Å²) >= 11 is 0. The molecule has 0 fully saturated rings. The number of para-hydroxylation sites is 1. The zero-order valence-electron chi connectivity index (χ0n) is 24.6. The second-order valence-corrected chi connectivity index (χ2v) is 10.3. The van der Waals surface area contributed by atoms with E-state index < -0.39 is 11.7 Å². The van der Waals surface area contributed by atoms with Crippen molar-refractivity contribution >= 4 is 11.4 Å². The van der Waals surface area contributed by atoms with Gasteiger partial charge in [0.2, 0.25) is 5.88 Å². The molecule has 2 aromatic heterocycles. The molecule has 1 radical (unpaired) electrons. The molecule has 0 saturated heterocycles. The molecule has 2 aliphatic rings. The van der Waals surface area contributed by atoms with Gasteiger partial charge < -0.3 is 39.1 Å². The fraction of sp³-hybridized carbons (Fsp3) is 0.226. The molecule has 0 spiro atoms. The van der Waals surface area contributed by atoms with E-state index in [0.29, 0.717) is 28.9 Å². The SMILES string of the molecule is CC(C)c1cc(-c2nc(Oc3[c-]cccc3)cn2C)[n-]n1.CN1C=CN(c2[c-]c(N3C=CN(C)[CH-]3)cc(C(F)(F)F)c2)[CH-]1.[Ir]. The van der Waals surface area contributed by atoms with Crippen LogP contribution < -0.4 is 19.6 Å². The first-order chi connectivity index (χ1) is 20.5. The Morgan fingerprint density at radius 2 is 1.57 bits per heavy atom. The third-order valence-corrected chi connectivity index (χ3v) is 6.39. The van der Waals surface area contributed by atoms with Crippen LogP contribution in [-0.4, -0.2) is 38.5 Å². The average molecular weight is 780 g/mol. The first-order valence-electron chi connectivity index (χ1n) is 13.4. The van der Waals surface area contributed by atoms with Gasteiger partial charge in [0, 0.05) is 38.6 Å². The van der Waals surface area contributed by atoms with Crippen LogP contribution in [-0.2, 0) is 33.3 Å². The number of halogens is 3. The Hall–Kier alpha value is -4.22. The van der Waals surface area contributed by atoms with Crippen LogP contribution in [0.25, 0.3) is 11.5 Å². The monoisotopic (exact) mass is 780 g/mol. The van der Waals surface area contributed by atoms with Gasteiger partial charge in [0.05, 0.1) is 6.20 Å². The van der Waals surface area contributed by atoms with Gasteiger partial charge in [0.1, 0.15) is 5.82 Å². The zero-order valence-corrected chi connectivity index (χ0v) is 27.0. The van der Waals surface area contributed by atoms with Crippen molar-refractivity contribution in [2.24, 2.45) is 7.05 Å². The third-order valence-electron chi connectivity index (χ3n) is 6.39. The Labute approximate surface area is 268 Å². The summed E-state index contributed by atoms with van der Waals surface area (Å²) in [5.41, 5.74) is 1.69. The van der Waals surface area contributed by atoms with E-state index in [9.17, 15) is 13.2 Å². The van der Waals surface area contributed by atoms with Crippen LogP contribution in [0, 0.1) is 25.5 Å². The Morgan fingerprint density at radius 3 is 2.05 bits per heavy atom. The molecule has 0 saturated carbocycles. The van der Waals surface area contributed by atoms with E-state index >= 15 is 0 Å². The van der Waals surface area contributed by atoms with Crippen LogP contribution in [0.5, 0.6) is 11.6 Å². The van der Waals surface area contributed by atoms with E-state index in [0.717, 1.165) is 29.3 Å². The Bertz CT molecular complexity index is 1550. The summed E-state index contributed by atoms with van der Waals surface area (Å²) < 4.78 is 47.0. The van der Waals surface area contributed by atoms with Crippen molar-refractivity contribution < 1.29 is 38.0 Å². The fourth-order valence-corrected chi connectivity index (χ4v) is 4.15. The number of benzene rings is 2. The topological polar surface area (TPSA) is 67.0 Å². The molecule has 44 heavy (non-hydrogen) atoms. The molecule has 2 aliphatic heterocycles. The summed E-state index contributed by atoms with van der Waals surface area (Å²) in [6, 6.07) is 17.6. The van der Waals surface area contributed by atoms with E-state index in [4.69, 9.17) is 4.74 Å². The van der Waals surface area contributed by atoms with Gasteiger partial charge in [0.15, 0.2) is 0 Å². The number of hydrogen-bond acceptors (Lipinski definition) is 7. The van der Waals surface area contributed by atoms with Crippen LogP contribution in [0.4, 0.5) is 24.5 Å². The molecular weight excluding hydrogens is 750 g/mol. The molecule has 0 amide bonds. The van der Waals surface area contributed by atoms with Crippen LogP contribution in [0.3, 0.4) is 0 Å². The maximum atomic E-state index is 13.1. The van der Waals surface area contributed by atoms with Crippen molar-refractivity contribution in [3.8, 4) is 23.1 Å². The molecule has 0 unspecified atom stereocenters. The molecule has 235 valence electrons. The first kappa shape index (κ1) is 32.7. The first-order valence-corrected chi connectivity index (χ1v) is 13.4. The van der Waals surface area contributed by atoms with Gasteiger partial charge in [-0.05, 0) is 44.8 Å². The molecule has 6 rings (SSSR count). The molecule has 2 aromatic carbocycles. The van der Waals surface area contributed by atoms with Crippen LogP contribution >= 0.6 is 0 Å². The third kappa shape index (κ3) is 7.83. The minimum absolute atomic E-state index is 0. The molecule has 0 atom stereocenters. The number of rotatable bonds is 6. The standard InChI is InChI=1S/C16H16N4O.C15H14F3N4.Ir/c1-11(2)13-9-14(19-18-13)16-17-15(10-20(16)3)21-12-7-5-4-6-8-12;1-19-3-5-21(10-19)13-7-12(15(16,17)18)8-14(9-13)22-6-4-20(2)11-22;/h4-7,9-11H,1-3H3;3-8,10-11H,1-2H3;/q-2;-3;.